The molecule has 0 bridgehead atoms. The Balaban J connectivity index is 1.74. The third-order valence-electron chi connectivity index (χ3n) is 4.18. The molecule has 0 spiro atoms. The van der Waals surface area contributed by atoms with E-state index in [1.54, 1.807) is 12.3 Å². The summed E-state index contributed by atoms with van der Waals surface area (Å²) < 4.78 is 40.7. The maximum atomic E-state index is 12.7. The Hall–Kier alpha value is -3.55. The van der Waals surface area contributed by atoms with Crippen molar-refractivity contribution in [1.29, 1.82) is 0 Å². The van der Waals surface area contributed by atoms with E-state index < -0.39 is 6.61 Å². The first-order valence-corrected chi connectivity index (χ1v) is 9.15. The number of benzene rings is 1. The Labute approximate surface area is 172 Å². The Morgan fingerprint density at radius 3 is 2.83 bits per heavy atom. The van der Waals surface area contributed by atoms with Gasteiger partial charge in [-0.3, -0.25) is 9.78 Å². The molecular formula is C22H20F2N2O4. The second kappa shape index (κ2) is 9.78. The first-order valence-electron chi connectivity index (χ1n) is 9.15. The molecule has 0 N–H and O–H groups in total. The molecule has 0 aliphatic heterocycles. The highest BCUT2D eigenvalue weighted by atomic mass is 19.3. The molecule has 1 aromatic carbocycles. The van der Waals surface area contributed by atoms with Gasteiger partial charge in [0.25, 0.3) is 0 Å². The molecule has 0 saturated heterocycles. The summed E-state index contributed by atoms with van der Waals surface area (Å²) >= 11 is 0. The van der Waals surface area contributed by atoms with E-state index in [1.165, 1.54) is 24.5 Å². The van der Waals surface area contributed by atoms with Gasteiger partial charge in [0.05, 0.1) is 17.8 Å². The number of oxazole rings is 1. The first-order chi connectivity index (χ1) is 14.5. The number of aryl methyl sites for hydroxylation is 1. The van der Waals surface area contributed by atoms with Gasteiger partial charge in [0, 0.05) is 18.2 Å². The number of aromatic nitrogens is 2. The van der Waals surface area contributed by atoms with Crippen LogP contribution in [0.3, 0.4) is 0 Å². The first kappa shape index (κ1) is 21.2. The highest BCUT2D eigenvalue weighted by Gasteiger charge is 2.16. The molecule has 0 aliphatic carbocycles. The number of halogens is 2. The molecular weight excluding hydrogens is 394 g/mol. The highest BCUT2D eigenvalue weighted by Crippen LogP contribution is 2.33. The number of carbonyl (C=O) groups excluding carboxylic acids is 1. The van der Waals surface area contributed by atoms with E-state index in [9.17, 15) is 13.6 Å². The summed E-state index contributed by atoms with van der Waals surface area (Å²) in [5, 5.41) is 0. The van der Waals surface area contributed by atoms with Crippen LogP contribution in [0.25, 0.3) is 11.5 Å². The van der Waals surface area contributed by atoms with Crippen molar-refractivity contribution < 1.29 is 27.5 Å². The number of alkyl halides is 2. The molecule has 0 unspecified atom stereocenters. The number of carbonyl (C=O) groups is 1. The van der Waals surface area contributed by atoms with Gasteiger partial charge in [-0.2, -0.15) is 8.78 Å². The molecule has 30 heavy (non-hydrogen) atoms. The lowest BCUT2D eigenvalue weighted by Gasteiger charge is -2.11. The summed E-state index contributed by atoms with van der Waals surface area (Å²) in [5.41, 5.74) is 2.51. The maximum Gasteiger partial charge on any atom is 0.387 e. The standard InChI is InChI=1S/C22H20F2N2O4/c1-3-9-28-19-7-6-15(10-20(19)30-22(23)24)21-26-16(13-29-21)11-17(27)12-18-14(2)5-4-8-25-18/h3-8,10,13,22H,1,9,11-12H2,2H3. The minimum Gasteiger partial charge on any atom is -0.486 e. The van der Waals surface area contributed by atoms with Crippen LogP contribution in [-0.4, -0.2) is 29.0 Å². The van der Waals surface area contributed by atoms with Gasteiger partial charge in [-0.25, -0.2) is 4.98 Å². The van der Waals surface area contributed by atoms with Crippen LogP contribution >= 0.6 is 0 Å². The number of Topliss-reactive ketones (excluding diaryl/α,β-unsaturated/α-hetero) is 1. The van der Waals surface area contributed by atoms with Gasteiger partial charge in [-0.05, 0) is 36.8 Å². The minimum absolute atomic E-state index is 0.0634. The third kappa shape index (κ3) is 5.50. The lowest BCUT2D eigenvalue weighted by Crippen LogP contribution is -2.09. The average Bonchev–Trinajstić information content (AvgIpc) is 3.16. The molecule has 0 aliphatic rings. The molecule has 0 amide bonds. The zero-order valence-electron chi connectivity index (χ0n) is 16.3. The Kier molecular flexibility index (Phi) is 6.90. The van der Waals surface area contributed by atoms with Gasteiger partial charge in [0.1, 0.15) is 18.7 Å². The fourth-order valence-electron chi connectivity index (χ4n) is 2.77. The van der Waals surface area contributed by atoms with Gasteiger partial charge < -0.3 is 13.9 Å². The van der Waals surface area contributed by atoms with Crippen LogP contribution in [0.5, 0.6) is 11.5 Å². The Morgan fingerprint density at radius 1 is 1.27 bits per heavy atom. The van der Waals surface area contributed by atoms with Crippen molar-refractivity contribution in [2.24, 2.45) is 0 Å². The molecule has 2 heterocycles. The van der Waals surface area contributed by atoms with Crippen LogP contribution in [0, 0.1) is 6.92 Å². The largest absolute Gasteiger partial charge is 0.486 e. The lowest BCUT2D eigenvalue weighted by atomic mass is 10.1. The van der Waals surface area contributed by atoms with E-state index in [1.807, 2.05) is 19.1 Å². The number of pyridine rings is 1. The highest BCUT2D eigenvalue weighted by molar-refractivity contribution is 5.82. The Bertz CT molecular complexity index is 1030. The molecule has 0 radical (unpaired) electrons. The van der Waals surface area contributed by atoms with Gasteiger partial charge >= 0.3 is 6.61 Å². The van der Waals surface area contributed by atoms with Crippen molar-refractivity contribution in [2.75, 3.05) is 6.61 Å². The third-order valence-corrected chi connectivity index (χ3v) is 4.18. The van der Waals surface area contributed by atoms with Crippen molar-refractivity contribution in [3.8, 4) is 23.0 Å². The monoisotopic (exact) mass is 414 g/mol. The van der Waals surface area contributed by atoms with Crippen molar-refractivity contribution in [1.82, 2.24) is 9.97 Å². The predicted molar refractivity (Wildman–Crippen MR) is 106 cm³/mol. The summed E-state index contributed by atoms with van der Waals surface area (Å²) in [5.74, 6) is 0.116. The minimum atomic E-state index is -3.01. The summed E-state index contributed by atoms with van der Waals surface area (Å²) in [7, 11) is 0. The van der Waals surface area contributed by atoms with E-state index in [2.05, 4.69) is 21.3 Å². The van der Waals surface area contributed by atoms with Crippen molar-refractivity contribution in [3.63, 3.8) is 0 Å². The number of nitrogens with zero attached hydrogens (tertiary/aromatic N) is 2. The quantitative estimate of drug-likeness (QED) is 0.453. The average molecular weight is 414 g/mol. The molecule has 3 rings (SSSR count). The molecule has 156 valence electrons. The van der Waals surface area contributed by atoms with Gasteiger partial charge in [-0.1, -0.05) is 18.7 Å². The number of ether oxygens (including phenoxy) is 2. The zero-order chi connectivity index (χ0) is 21.5. The van der Waals surface area contributed by atoms with E-state index >= 15 is 0 Å². The van der Waals surface area contributed by atoms with E-state index in [4.69, 9.17) is 9.15 Å². The van der Waals surface area contributed by atoms with Crippen LogP contribution in [-0.2, 0) is 17.6 Å². The smallest absolute Gasteiger partial charge is 0.387 e. The lowest BCUT2D eigenvalue weighted by molar-refractivity contribution is -0.117. The van der Waals surface area contributed by atoms with Gasteiger partial charge in [0.2, 0.25) is 5.89 Å². The Morgan fingerprint density at radius 2 is 2.10 bits per heavy atom. The summed E-state index contributed by atoms with van der Waals surface area (Å²) in [6.45, 7) is 2.54. The topological polar surface area (TPSA) is 74.5 Å². The van der Waals surface area contributed by atoms with Gasteiger partial charge in [0.15, 0.2) is 11.5 Å². The molecule has 0 atom stereocenters. The van der Waals surface area contributed by atoms with Crippen LogP contribution in [0.2, 0.25) is 0 Å². The molecule has 0 saturated carbocycles. The number of hydrogen-bond acceptors (Lipinski definition) is 6. The van der Waals surface area contributed by atoms with Crippen molar-refractivity contribution >= 4 is 5.78 Å². The number of ketones is 1. The van der Waals surface area contributed by atoms with E-state index in [-0.39, 0.29) is 42.6 Å². The second-order valence-corrected chi connectivity index (χ2v) is 6.44. The van der Waals surface area contributed by atoms with Gasteiger partial charge in [-0.15, -0.1) is 0 Å². The fraction of sp³-hybridized carbons (Fsp3) is 0.227. The maximum absolute atomic E-state index is 12.7. The normalized spacial score (nSPS) is 10.8. The molecule has 2 aromatic heterocycles. The van der Waals surface area contributed by atoms with Crippen molar-refractivity contribution in [3.05, 3.63) is 72.4 Å². The van der Waals surface area contributed by atoms with Crippen LogP contribution in [0.15, 0.2) is 59.9 Å². The number of rotatable bonds is 10. The van der Waals surface area contributed by atoms with E-state index in [0.717, 1.165) is 11.3 Å². The van der Waals surface area contributed by atoms with Crippen molar-refractivity contribution in [2.45, 2.75) is 26.4 Å². The van der Waals surface area contributed by atoms with Crippen LogP contribution < -0.4 is 9.47 Å². The summed E-state index contributed by atoms with van der Waals surface area (Å²) in [6, 6.07) is 8.14. The SMILES string of the molecule is C=CCOc1ccc(-c2nc(CC(=O)Cc3ncccc3C)co2)cc1OC(F)F. The number of hydrogen-bond donors (Lipinski definition) is 0. The summed E-state index contributed by atoms with van der Waals surface area (Å²) in [6.07, 6.45) is 4.76. The summed E-state index contributed by atoms with van der Waals surface area (Å²) in [4.78, 5) is 20.9. The van der Waals surface area contributed by atoms with E-state index in [0.29, 0.717) is 11.3 Å². The molecule has 3 aromatic rings. The predicted octanol–water partition coefficient (Wildman–Crippen LogP) is 4.57. The molecule has 0 fully saturated rings. The second-order valence-electron chi connectivity index (χ2n) is 6.44. The molecule has 8 heteroatoms. The molecule has 6 nitrogen and oxygen atoms in total. The van der Waals surface area contributed by atoms with Crippen LogP contribution in [0.4, 0.5) is 8.78 Å². The zero-order valence-corrected chi connectivity index (χ0v) is 16.3. The fourth-order valence-corrected chi connectivity index (χ4v) is 2.77. The van der Waals surface area contributed by atoms with Crippen LogP contribution in [0.1, 0.15) is 17.0 Å².